The van der Waals surface area contributed by atoms with Crippen LogP contribution in [0.1, 0.15) is 24.2 Å². The van der Waals surface area contributed by atoms with Crippen LogP contribution in [0.2, 0.25) is 0 Å². The number of rotatable bonds is 6. The number of nitrogens with one attached hydrogen (secondary N) is 1. The van der Waals surface area contributed by atoms with Crippen molar-refractivity contribution >= 4 is 17.8 Å². The molecule has 6 nitrogen and oxygen atoms in total. The van der Waals surface area contributed by atoms with Crippen LogP contribution in [0.25, 0.3) is 0 Å². The van der Waals surface area contributed by atoms with E-state index in [1.165, 1.54) is 5.56 Å². The predicted octanol–water partition coefficient (Wildman–Crippen LogP) is 2.46. The van der Waals surface area contributed by atoms with Crippen LogP contribution in [0.15, 0.2) is 35.5 Å². The average Bonchev–Trinajstić information content (AvgIpc) is 3.25. The Balaban J connectivity index is 1.46. The number of hydrogen-bond donors (Lipinski definition) is 1. The summed E-state index contributed by atoms with van der Waals surface area (Å²) in [7, 11) is 1.98. The minimum absolute atomic E-state index is 0.0355. The Hall–Kier alpha value is -2.02. The second-order valence-electron chi connectivity index (χ2n) is 5.91. The molecular formula is C17H23N5OS. The lowest BCUT2D eigenvalue weighted by molar-refractivity contribution is 0.209. The van der Waals surface area contributed by atoms with Crippen LogP contribution < -0.4 is 5.32 Å². The van der Waals surface area contributed by atoms with E-state index in [-0.39, 0.29) is 6.03 Å². The largest absolute Gasteiger partial charge is 0.338 e. The number of likely N-dealkylation sites (tertiary alicyclic amines) is 1. The molecule has 1 fully saturated rings. The van der Waals surface area contributed by atoms with Gasteiger partial charge in [-0.05, 0) is 18.4 Å². The van der Waals surface area contributed by atoms with Gasteiger partial charge in [0.05, 0.1) is 0 Å². The summed E-state index contributed by atoms with van der Waals surface area (Å²) in [5, 5.41) is 12.4. The number of aromatic nitrogens is 3. The lowest BCUT2D eigenvalue weighted by Crippen LogP contribution is -2.39. The molecule has 0 bridgehead atoms. The first-order valence-electron chi connectivity index (χ1n) is 8.32. The van der Waals surface area contributed by atoms with Gasteiger partial charge in [0.2, 0.25) is 0 Å². The van der Waals surface area contributed by atoms with E-state index < -0.39 is 0 Å². The molecule has 3 rings (SSSR count). The highest BCUT2D eigenvalue weighted by Gasteiger charge is 2.17. The third kappa shape index (κ3) is 4.29. The third-order valence-corrected chi connectivity index (χ3v) is 5.25. The highest BCUT2D eigenvalue weighted by molar-refractivity contribution is 7.98. The smallest absolute Gasteiger partial charge is 0.317 e. The maximum Gasteiger partial charge on any atom is 0.317 e. The van der Waals surface area contributed by atoms with Crippen LogP contribution in [-0.2, 0) is 19.2 Å². The molecule has 0 aliphatic carbocycles. The SMILES string of the molecule is Cn1c(CCNC(=O)N2CCCC2)nnc1SCc1ccccc1. The zero-order valence-corrected chi connectivity index (χ0v) is 14.8. The molecule has 1 saturated heterocycles. The fraction of sp³-hybridized carbons (Fsp3) is 0.471. The number of carbonyl (C=O) groups excluding carboxylic acids is 1. The third-order valence-electron chi connectivity index (χ3n) is 4.15. The van der Waals surface area contributed by atoms with E-state index in [1.807, 2.05) is 34.7 Å². The lowest BCUT2D eigenvalue weighted by atomic mass is 10.2. The van der Waals surface area contributed by atoms with Crippen LogP contribution in [-0.4, -0.2) is 45.3 Å². The van der Waals surface area contributed by atoms with Gasteiger partial charge in [0, 0.05) is 38.9 Å². The summed E-state index contributed by atoms with van der Waals surface area (Å²) in [6.07, 6.45) is 2.91. The van der Waals surface area contributed by atoms with Gasteiger partial charge >= 0.3 is 6.03 Å². The van der Waals surface area contributed by atoms with Crippen molar-refractivity contribution in [3.05, 3.63) is 41.7 Å². The number of nitrogens with zero attached hydrogens (tertiary/aromatic N) is 4. The summed E-state index contributed by atoms with van der Waals surface area (Å²) in [5.41, 5.74) is 1.27. The van der Waals surface area contributed by atoms with Gasteiger partial charge in [0.25, 0.3) is 0 Å². The second-order valence-corrected chi connectivity index (χ2v) is 6.85. The molecule has 2 aromatic rings. The molecule has 0 radical (unpaired) electrons. The van der Waals surface area contributed by atoms with E-state index in [1.54, 1.807) is 11.8 Å². The van der Waals surface area contributed by atoms with Crippen molar-refractivity contribution < 1.29 is 4.79 Å². The highest BCUT2D eigenvalue weighted by Crippen LogP contribution is 2.20. The minimum atomic E-state index is 0.0355. The fourth-order valence-electron chi connectivity index (χ4n) is 2.72. The Bertz CT molecular complexity index is 667. The number of urea groups is 1. The second kappa shape index (κ2) is 8.19. The summed E-state index contributed by atoms with van der Waals surface area (Å²) in [5.74, 6) is 1.77. The monoisotopic (exact) mass is 345 g/mol. The van der Waals surface area contributed by atoms with E-state index in [0.29, 0.717) is 13.0 Å². The normalized spacial score (nSPS) is 14.1. The molecule has 24 heavy (non-hydrogen) atoms. The maximum absolute atomic E-state index is 12.0. The van der Waals surface area contributed by atoms with Crippen molar-refractivity contribution in [2.75, 3.05) is 19.6 Å². The van der Waals surface area contributed by atoms with Gasteiger partial charge in [0.15, 0.2) is 5.16 Å². The molecule has 0 spiro atoms. The standard InChI is InChI=1S/C17H23N5OS/c1-21-15(9-10-18-16(23)22-11-5-6-12-22)19-20-17(21)24-13-14-7-3-2-4-8-14/h2-4,7-8H,5-6,9-13H2,1H3,(H,18,23). The number of amides is 2. The van der Waals surface area contributed by atoms with E-state index in [4.69, 9.17) is 0 Å². The molecule has 0 atom stereocenters. The first-order chi connectivity index (χ1) is 11.7. The summed E-state index contributed by atoms with van der Waals surface area (Å²) >= 11 is 1.67. The molecule has 1 aromatic heterocycles. The predicted molar refractivity (Wildman–Crippen MR) is 94.9 cm³/mol. The number of carbonyl (C=O) groups is 1. The molecule has 1 aromatic carbocycles. The molecule has 0 unspecified atom stereocenters. The molecule has 1 aliphatic rings. The fourth-order valence-corrected chi connectivity index (χ4v) is 3.61. The van der Waals surface area contributed by atoms with Crippen LogP contribution in [0.4, 0.5) is 4.79 Å². The Morgan fingerprint density at radius 2 is 1.96 bits per heavy atom. The van der Waals surface area contributed by atoms with E-state index >= 15 is 0 Å². The van der Waals surface area contributed by atoms with Crippen LogP contribution >= 0.6 is 11.8 Å². The Morgan fingerprint density at radius 3 is 2.71 bits per heavy atom. The highest BCUT2D eigenvalue weighted by atomic mass is 32.2. The van der Waals surface area contributed by atoms with E-state index in [9.17, 15) is 4.79 Å². The molecular weight excluding hydrogens is 322 g/mol. The first-order valence-corrected chi connectivity index (χ1v) is 9.30. The summed E-state index contributed by atoms with van der Waals surface area (Å²) in [6, 6.07) is 10.4. The van der Waals surface area contributed by atoms with Crippen LogP contribution in [0.3, 0.4) is 0 Å². The van der Waals surface area contributed by atoms with Crippen LogP contribution in [0, 0.1) is 0 Å². The Morgan fingerprint density at radius 1 is 1.21 bits per heavy atom. The molecule has 0 saturated carbocycles. The van der Waals surface area contributed by atoms with Gasteiger partial charge in [-0.15, -0.1) is 10.2 Å². The molecule has 2 amide bonds. The van der Waals surface area contributed by atoms with Gasteiger partial charge in [-0.1, -0.05) is 42.1 Å². The number of benzene rings is 1. The van der Waals surface area contributed by atoms with Gasteiger partial charge in [-0.25, -0.2) is 4.79 Å². The molecule has 2 heterocycles. The Labute approximate surface area is 146 Å². The van der Waals surface area contributed by atoms with Crippen molar-refractivity contribution in [3.63, 3.8) is 0 Å². The molecule has 1 aliphatic heterocycles. The zero-order chi connectivity index (χ0) is 16.8. The topological polar surface area (TPSA) is 63.1 Å². The summed E-state index contributed by atoms with van der Waals surface area (Å²) in [4.78, 5) is 13.8. The summed E-state index contributed by atoms with van der Waals surface area (Å²) < 4.78 is 2.01. The average molecular weight is 345 g/mol. The minimum Gasteiger partial charge on any atom is -0.338 e. The molecule has 1 N–H and O–H groups in total. The quantitative estimate of drug-likeness (QED) is 0.817. The van der Waals surface area contributed by atoms with Gasteiger partial charge in [-0.2, -0.15) is 0 Å². The lowest BCUT2D eigenvalue weighted by Gasteiger charge is -2.15. The van der Waals surface area contributed by atoms with Gasteiger partial charge in [0.1, 0.15) is 5.82 Å². The van der Waals surface area contributed by atoms with E-state index in [0.717, 1.165) is 42.7 Å². The maximum atomic E-state index is 12.0. The van der Waals surface area contributed by atoms with Crippen molar-refractivity contribution in [3.8, 4) is 0 Å². The zero-order valence-electron chi connectivity index (χ0n) is 13.9. The molecule has 7 heteroatoms. The van der Waals surface area contributed by atoms with Crippen molar-refractivity contribution in [2.24, 2.45) is 7.05 Å². The van der Waals surface area contributed by atoms with Crippen molar-refractivity contribution in [1.29, 1.82) is 0 Å². The van der Waals surface area contributed by atoms with E-state index in [2.05, 4.69) is 27.6 Å². The number of thioether (sulfide) groups is 1. The van der Waals surface area contributed by atoms with Crippen LogP contribution in [0.5, 0.6) is 0 Å². The Kier molecular flexibility index (Phi) is 5.74. The summed E-state index contributed by atoms with van der Waals surface area (Å²) in [6.45, 7) is 2.33. The van der Waals surface area contributed by atoms with Gasteiger partial charge in [-0.3, -0.25) is 0 Å². The van der Waals surface area contributed by atoms with Gasteiger partial charge < -0.3 is 14.8 Å². The number of hydrogen-bond acceptors (Lipinski definition) is 4. The van der Waals surface area contributed by atoms with Crippen molar-refractivity contribution in [1.82, 2.24) is 25.0 Å². The first kappa shape index (κ1) is 16.8. The molecule has 128 valence electrons. The van der Waals surface area contributed by atoms with Crippen molar-refractivity contribution in [2.45, 2.75) is 30.2 Å².